The van der Waals surface area contributed by atoms with Crippen molar-refractivity contribution < 1.29 is 62.5 Å². The summed E-state index contributed by atoms with van der Waals surface area (Å²) < 4.78 is 11.9. The normalized spacial score (nSPS) is 18.1. The van der Waals surface area contributed by atoms with Gasteiger partial charge in [-0.3, -0.25) is 52.8 Å². The number of nitrogens with zero attached hydrogens (tertiary/aromatic N) is 4. The highest BCUT2D eigenvalue weighted by molar-refractivity contribution is 5.97. The zero-order chi connectivity index (χ0) is 60.8. The Balaban J connectivity index is 1.52. The van der Waals surface area contributed by atoms with Crippen LogP contribution in [0.2, 0.25) is 0 Å². The van der Waals surface area contributed by atoms with Gasteiger partial charge in [0.25, 0.3) is 0 Å². The number of amides is 9. The average molecular weight is 1140 g/mol. The highest BCUT2D eigenvalue weighted by Gasteiger charge is 2.42. The van der Waals surface area contributed by atoms with E-state index in [-0.39, 0.29) is 79.6 Å². The molecule has 24 heteroatoms. The van der Waals surface area contributed by atoms with Crippen molar-refractivity contribution in [1.29, 1.82) is 0 Å². The lowest BCUT2D eigenvalue weighted by atomic mass is 9.90. The van der Waals surface area contributed by atoms with Gasteiger partial charge in [0.1, 0.15) is 12.1 Å². The van der Waals surface area contributed by atoms with E-state index in [1.165, 1.54) is 26.0 Å². The summed E-state index contributed by atoms with van der Waals surface area (Å²) in [5, 5.41) is 25.5. The van der Waals surface area contributed by atoms with Gasteiger partial charge in [-0.15, -0.1) is 0 Å². The molecule has 2 aliphatic heterocycles. The number of methoxy groups -OCH3 is 2. The number of piperidine rings is 1. The molecule has 3 rings (SSSR count). The first-order valence-electron chi connectivity index (χ1n) is 28.5. The van der Waals surface area contributed by atoms with Crippen LogP contribution in [0.25, 0.3) is 0 Å². The standard InChI is InChI=1S/C57H95N11O13/c1-14-35(6)51(66(11)48(73)32-60-56(77)50(34(4)5)65(9)10)43(80-12)29-47(72)68-25-15-16-42(68)52(81-13)36(7)53(74)63-41(30-58)28-38-17-19-40(20-18-38)62-45(70)31-59-55(76)49(33(2)3)64-54(75)37(8)61-44(69)21-22-46(71)67-26-23-39(24-27-67)57(78)79/h17-20,33-37,39,41-43,49-52H,14-16,21-32,58H2,1-13H3,(H,59,76)(H,60,77)(H,61,69)(H,62,70)(H,63,74)(H,64,75)(H,78,79)/t35-,36+,37-,41-,42-,43+,49?,50?,51-,52+/m0/s1. The molecule has 0 saturated carbocycles. The number of nitrogens with two attached hydrogens (primary N) is 1. The summed E-state index contributed by atoms with van der Waals surface area (Å²) in [6, 6.07) is 3.06. The largest absolute Gasteiger partial charge is 0.481 e. The van der Waals surface area contributed by atoms with Crippen molar-refractivity contribution >= 4 is 64.8 Å². The molecule has 1 aromatic carbocycles. The number of aliphatic carboxylic acids is 1. The van der Waals surface area contributed by atoms with Gasteiger partial charge in [0.2, 0.25) is 53.2 Å². The van der Waals surface area contributed by atoms with Gasteiger partial charge in [-0.1, -0.05) is 67.0 Å². The number of hydrogen-bond donors (Lipinski definition) is 8. The summed E-state index contributed by atoms with van der Waals surface area (Å²) >= 11 is 0. The Bertz CT molecular complexity index is 2270. The molecule has 2 heterocycles. The molecular formula is C57H95N11O13. The number of carbonyl (C=O) groups is 10. The molecule has 9 amide bonds. The Kier molecular flexibility index (Phi) is 28.7. The Labute approximate surface area is 478 Å². The van der Waals surface area contributed by atoms with Crippen LogP contribution in [0.4, 0.5) is 5.69 Å². The number of rotatable bonds is 32. The van der Waals surface area contributed by atoms with Gasteiger partial charge in [0.15, 0.2) is 0 Å². The van der Waals surface area contributed by atoms with Gasteiger partial charge in [-0.2, -0.15) is 0 Å². The predicted octanol–water partition coefficient (Wildman–Crippen LogP) is 1.10. The molecule has 2 aliphatic rings. The molecule has 0 spiro atoms. The maximum atomic E-state index is 14.3. The Morgan fingerprint density at radius 1 is 0.728 bits per heavy atom. The van der Waals surface area contributed by atoms with Gasteiger partial charge >= 0.3 is 5.97 Å². The molecule has 10 atom stereocenters. The average Bonchev–Trinajstić information content (AvgIpc) is 3.93. The molecule has 2 unspecified atom stereocenters. The monoisotopic (exact) mass is 1140 g/mol. The molecule has 0 bridgehead atoms. The van der Waals surface area contributed by atoms with Crippen LogP contribution in [0.3, 0.4) is 0 Å². The van der Waals surface area contributed by atoms with E-state index in [0.717, 1.165) is 5.56 Å². The lowest BCUT2D eigenvalue weighted by molar-refractivity contribution is -0.146. The molecular weight excluding hydrogens is 1050 g/mol. The molecule has 1 aromatic rings. The van der Waals surface area contributed by atoms with E-state index in [1.54, 1.807) is 61.9 Å². The van der Waals surface area contributed by atoms with Crippen molar-refractivity contribution in [3.8, 4) is 0 Å². The van der Waals surface area contributed by atoms with Gasteiger partial charge in [-0.25, -0.2) is 0 Å². The van der Waals surface area contributed by atoms with E-state index < -0.39 is 96.4 Å². The number of nitrogens with one attached hydrogen (secondary N) is 6. The Morgan fingerprint density at radius 2 is 1.36 bits per heavy atom. The van der Waals surface area contributed by atoms with Gasteiger partial charge in [0.05, 0.1) is 61.7 Å². The number of carbonyl (C=O) groups excluding carboxylic acids is 9. The third-order valence-electron chi connectivity index (χ3n) is 15.7. The summed E-state index contributed by atoms with van der Waals surface area (Å²) in [5.41, 5.74) is 7.43. The fourth-order valence-electron chi connectivity index (χ4n) is 10.8. The van der Waals surface area contributed by atoms with E-state index in [0.29, 0.717) is 63.8 Å². The van der Waals surface area contributed by atoms with Crippen LogP contribution in [0.15, 0.2) is 24.3 Å². The van der Waals surface area contributed by atoms with Crippen LogP contribution in [0.5, 0.6) is 0 Å². The van der Waals surface area contributed by atoms with E-state index >= 15 is 0 Å². The predicted molar refractivity (Wildman–Crippen MR) is 305 cm³/mol. The minimum atomic E-state index is -1.04. The van der Waals surface area contributed by atoms with Crippen LogP contribution >= 0.6 is 0 Å². The van der Waals surface area contributed by atoms with Crippen LogP contribution in [0.1, 0.15) is 112 Å². The highest BCUT2D eigenvalue weighted by Crippen LogP contribution is 2.30. The van der Waals surface area contributed by atoms with Crippen molar-refractivity contribution in [1.82, 2.24) is 46.2 Å². The number of benzene rings is 1. The highest BCUT2D eigenvalue weighted by atomic mass is 16.5. The molecule has 24 nitrogen and oxygen atoms in total. The summed E-state index contributed by atoms with van der Waals surface area (Å²) in [7, 11) is 8.36. The third kappa shape index (κ3) is 20.9. The second kappa shape index (κ2) is 33.6. The maximum Gasteiger partial charge on any atom is 0.306 e. The first-order valence-corrected chi connectivity index (χ1v) is 28.5. The van der Waals surface area contributed by atoms with E-state index in [4.69, 9.17) is 15.2 Å². The lowest BCUT2D eigenvalue weighted by Crippen LogP contribution is -2.55. The van der Waals surface area contributed by atoms with E-state index in [2.05, 4.69) is 31.9 Å². The molecule has 0 aromatic heterocycles. The molecule has 0 radical (unpaired) electrons. The van der Waals surface area contributed by atoms with Crippen LogP contribution < -0.4 is 37.6 Å². The van der Waals surface area contributed by atoms with Crippen molar-refractivity contribution in [2.75, 3.05) is 79.9 Å². The Hall–Kier alpha value is -6.24. The van der Waals surface area contributed by atoms with Gasteiger partial charge in [-0.05, 0) is 88.6 Å². The van der Waals surface area contributed by atoms with E-state index in [9.17, 15) is 53.1 Å². The maximum absolute atomic E-state index is 14.3. The van der Waals surface area contributed by atoms with Crippen molar-refractivity contribution in [2.24, 2.45) is 35.3 Å². The van der Waals surface area contributed by atoms with Crippen molar-refractivity contribution in [3.63, 3.8) is 0 Å². The topological polar surface area (TPSA) is 321 Å². The molecule has 456 valence electrons. The molecule has 81 heavy (non-hydrogen) atoms. The fraction of sp³-hybridized carbons (Fsp3) is 0.719. The smallest absolute Gasteiger partial charge is 0.306 e. The summed E-state index contributed by atoms with van der Waals surface area (Å²) in [6.45, 7) is 15.1. The van der Waals surface area contributed by atoms with Gasteiger partial charge in [0, 0.05) is 72.0 Å². The quantitative estimate of drug-likeness (QED) is 0.0501. The first-order chi connectivity index (χ1) is 38.2. The van der Waals surface area contributed by atoms with Crippen LogP contribution in [0, 0.1) is 29.6 Å². The minimum Gasteiger partial charge on any atom is -0.481 e. The molecule has 2 saturated heterocycles. The third-order valence-corrected chi connectivity index (χ3v) is 15.7. The molecule has 2 fully saturated rings. The fourth-order valence-corrected chi connectivity index (χ4v) is 10.8. The molecule has 9 N–H and O–H groups in total. The van der Waals surface area contributed by atoms with E-state index in [1.807, 2.05) is 46.7 Å². The number of hydrogen-bond acceptors (Lipinski definition) is 14. The molecule has 0 aliphatic carbocycles. The first kappa shape index (κ1) is 69.0. The number of likely N-dealkylation sites (N-methyl/N-ethyl adjacent to an activating group) is 2. The van der Waals surface area contributed by atoms with Gasteiger partial charge < -0.3 is 66.9 Å². The number of carboxylic acid groups (broad SMARTS) is 1. The summed E-state index contributed by atoms with van der Waals surface area (Å²) in [6.07, 6.45) is 1.45. The SMILES string of the molecule is CC[C@H](C)[C@@H]([C@@H](CC(=O)N1CCC[C@H]1[C@H](OC)[C@@H](C)C(=O)N[C@H](CN)Cc1ccc(NC(=O)CNC(=O)C(NC(=O)[C@H](C)NC(=O)CCC(=O)N2CCC(C(=O)O)CC2)C(C)C)cc1)OC)N(C)C(=O)CNC(=O)C(C(C)C)N(C)C. The number of anilines is 1. The lowest BCUT2D eigenvalue weighted by Gasteiger charge is -2.39. The summed E-state index contributed by atoms with van der Waals surface area (Å²) in [4.78, 5) is 137. The van der Waals surface area contributed by atoms with Crippen LogP contribution in [-0.4, -0.2) is 207 Å². The zero-order valence-electron chi connectivity index (χ0n) is 50.1. The van der Waals surface area contributed by atoms with Crippen molar-refractivity contribution in [3.05, 3.63) is 29.8 Å². The minimum absolute atomic E-state index is 0.0198. The second-order valence-electron chi connectivity index (χ2n) is 22.6. The second-order valence-corrected chi connectivity index (χ2v) is 22.6. The van der Waals surface area contributed by atoms with Crippen molar-refractivity contribution in [2.45, 2.75) is 162 Å². The summed E-state index contributed by atoms with van der Waals surface area (Å²) in [5.74, 6) is -6.13. The number of likely N-dealkylation sites (tertiary alicyclic amines) is 2. The Morgan fingerprint density at radius 3 is 1.90 bits per heavy atom. The van der Waals surface area contributed by atoms with Crippen LogP contribution in [-0.2, 0) is 63.8 Å². The number of ether oxygens (including phenoxy) is 2. The zero-order valence-corrected chi connectivity index (χ0v) is 50.1. The number of carboxylic acids is 1.